The third-order valence-electron chi connectivity index (χ3n) is 2.34. The Hall–Kier alpha value is -1.17. The van der Waals surface area contributed by atoms with Crippen molar-refractivity contribution in [2.24, 2.45) is 4.99 Å². The van der Waals surface area contributed by atoms with Crippen LogP contribution in [0.15, 0.2) is 29.3 Å². The molecule has 0 saturated carbocycles. The van der Waals surface area contributed by atoms with Gasteiger partial charge in [-0.2, -0.15) is 13.2 Å². The summed E-state index contributed by atoms with van der Waals surface area (Å²) >= 11 is 1.53. The van der Waals surface area contributed by atoms with E-state index >= 15 is 0 Å². The van der Waals surface area contributed by atoms with Gasteiger partial charge >= 0.3 is 6.18 Å². The second-order valence-corrected chi connectivity index (χ2v) is 4.63. The van der Waals surface area contributed by atoms with Crippen molar-refractivity contribution in [3.05, 3.63) is 35.4 Å². The van der Waals surface area contributed by atoms with Crippen molar-refractivity contribution in [2.45, 2.75) is 12.7 Å². The summed E-state index contributed by atoms with van der Waals surface area (Å²) in [5.74, 6) is 0.892. The van der Waals surface area contributed by atoms with Crippen LogP contribution in [0.25, 0.3) is 0 Å². The molecule has 0 fully saturated rings. The Labute approximate surface area is 101 Å². The third kappa shape index (κ3) is 3.15. The zero-order valence-electron chi connectivity index (χ0n) is 8.92. The molecule has 92 valence electrons. The van der Waals surface area contributed by atoms with Gasteiger partial charge in [-0.1, -0.05) is 30.0 Å². The molecular weight excluding hydrogens is 249 g/mol. The molecule has 1 aliphatic heterocycles. The normalized spacial score (nSPS) is 15.8. The highest BCUT2D eigenvalue weighted by molar-refractivity contribution is 8.14. The van der Waals surface area contributed by atoms with E-state index in [1.54, 1.807) is 6.07 Å². The quantitative estimate of drug-likeness (QED) is 0.884. The summed E-state index contributed by atoms with van der Waals surface area (Å²) in [5.41, 5.74) is -0.341. The number of benzene rings is 1. The number of halogens is 3. The van der Waals surface area contributed by atoms with E-state index < -0.39 is 11.7 Å². The van der Waals surface area contributed by atoms with E-state index in [0.29, 0.717) is 0 Å². The zero-order valence-corrected chi connectivity index (χ0v) is 9.74. The van der Waals surface area contributed by atoms with Gasteiger partial charge in [-0.3, -0.25) is 4.99 Å². The Bertz CT molecular complexity index is 429. The Kier molecular flexibility index (Phi) is 3.61. The molecule has 0 amide bonds. The molecule has 0 spiro atoms. The van der Waals surface area contributed by atoms with Crippen LogP contribution in [0, 0.1) is 0 Å². The Morgan fingerprint density at radius 1 is 1.29 bits per heavy atom. The Balaban J connectivity index is 2.09. The van der Waals surface area contributed by atoms with Crippen molar-refractivity contribution < 1.29 is 13.2 Å². The fraction of sp³-hybridized carbons (Fsp3) is 0.364. The molecule has 2 nitrogen and oxygen atoms in total. The largest absolute Gasteiger partial charge is 0.416 e. The first-order valence-corrected chi connectivity index (χ1v) is 6.12. The molecular formula is C11H11F3N2S. The molecule has 1 aromatic carbocycles. The van der Waals surface area contributed by atoms with E-state index in [4.69, 9.17) is 0 Å². The predicted molar refractivity (Wildman–Crippen MR) is 63.0 cm³/mol. The fourth-order valence-corrected chi connectivity index (χ4v) is 2.30. The average molecular weight is 260 g/mol. The summed E-state index contributed by atoms with van der Waals surface area (Å²) < 4.78 is 38.1. The van der Waals surface area contributed by atoms with E-state index in [0.717, 1.165) is 23.5 Å². The first kappa shape index (κ1) is 12.3. The summed E-state index contributed by atoms with van der Waals surface area (Å²) in [5, 5.41) is 3.65. The molecule has 0 aliphatic carbocycles. The summed E-state index contributed by atoms with van der Waals surface area (Å²) in [6.07, 6.45) is -4.30. The van der Waals surface area contributed by atoms with Crippen molar-refractivity contribution in [3.8, 4) is 0 Å². The lowest BCUT2D eigenvalue weighted by molar-refractivity contribution is -0.138. The molecule has 1 aromatic rings. The Morgan fingerprint density at radius 2 is 2.06 bits per heavy atom. The van der Waals surface area contributed by atoms with Crippen LogP contribution in [-0.4, -0.2) is 17.5 Å². The summed E-state index contributed by atoms with van der Waals surface area (Å²) in [6, 6.07) is 5.58. The van der Waals surface area contributed by atoms with Gasteiger partial charge < -0.3 is 5.32 Å². The number of rotatable bonds is 2. The lowest BCUT2D eigenvalue weighted by Gasteiger charge is -2.13. The number of hydrogen-bond acceptors (Lipinski definition) is 3. The summed E-state index contributed by atoms with van der Waals surface area (Å²) in [6.45, 7) is 0.884. The van der Waals surface area contributed by atoms with Crippen LogP contribution in [-0.2, 0) is 12.7 Å². The van der Waals surface area contributed by atoms with Gasteiger partial charge in [0.15, 0.2) is 5.17 Å². The van der Waals surface area contributed by atoms with E-state index in [1.807, 2.05) is 0 Å². The van der Waals surface area contributed by atoms with Crippen molar-refractivity contribution in [1.82, 2.24) is 5.32 Å². The number of thioether (sulfide) groups is 1. The zero-order chi connectivity index (χ0) is 12.3. The number of alkyl halides is 3. The molecule has 1 heterocycles. The monoisotopic (exact) mass is 260 g/mol. The first-order chi connectivity index (χ1) is 8.07. The van der Waals surface area contributed by atoms with Crippen molar-refractivity contribution in [1.29, 1.82) is 0 Å². The first-order valence-electron chi connectivity index (χ1n) is 5.13. The molecule has 0 aromatic heterocycles. The minimum Gasteiger partial charge on any atom is -0.361 e. The lowest BCUT2D eigenvalue weighted by Crippen LogP contribution is -2.21. The topological polar surface area (TPSA) is 24.4 Å². The van der Waals surface area contributed by atoms with Gasteiger partial charge in [-0.25, -0.2) is 0 Å². The molecule has 0 unspecified atom stereocenters. The third-order valence-corrected chi connectivity index (χ3v) is 3.27. The van der Waals surface area contributed by atoms with Crippen LogP contribution >= 0.6 is 11.8 Å². The number of aliphatic imine (C=N–C) groups is 1. The minimum atomic E-state index is -4.30. The van der Waals surface area contributed by atoms with Crippen LogP contribution < -0.4 is 5.32 Å². The van der Waals surface area contributed by atoms with Crippen molar-refractivity contribution >= 4 is 16.9 Å². The van der Waals surface area contributed by atoms with Crippen LogP contribution in [0.3, 0.4) is 0 Å². The van der Waals surface area contributed by atoms with Crippen LogP contribution in [0.2, 0.25) is 0 Å². The maximum atomic E-state index is 12.7. The highest BCUT2D eigenvalue weighted by atomic mass is 32.2. The molecule has 1 N–H and O–H groups in total. The second kappa shape index (κ2) is 5.00. The van der Waals surface area contributed by atoms with Crippen LogP contribution in [0.5, 0.6) is 0 Å². The summed E-state index contributed by atoms with van der Waals surface area (Å²) in [7, 11) is 0. The van der Waals surface area contributed by atoms with E-state index in [9.17, 15) is 13.2 Å². The fourth-order valence-electron chi connectivity index (χ4n) is 1.56. The summed E-state index contributed by atoms with van der Waals surface area (Å²) in [4.78, 5) is 4.13. The molecule has 17 heavy (non-hydrogen) atoms. The van der Waals surface area contributed by atoms with Crippen LogP contribution in [0.1, 0.15) is 11.1 Å². The van der Waals surface area contributed by atoms with Gasteiger partial charge in [0.25, 0.3) is 0 Å². The molecule has 0 saturated heterocycles. The van der Waals surface area contributed by atoms with Gasteiger partial charge in [0, 0.05) is 12.3 Å². The van der Waals surface area contributed by atoms with Crippen molar-refractivity contribution in [3.63, 3.8) is 0 Å². The standard InChI is InChI=1S/C11H11F3N2S/c12-11(13,14)9-4-2-1-3-8(9)7-16-10-15-5-6-17-10/h1-4H,5-7H2,(H,15,16). The SMILES string of the molecule is FC(F)(F)c1ccccc1CNC1=NCCS1. The smallest absolute Gasteiger partial charge is 0.361 e. The van der Waals surface area contributed by atoms with Gasteiger partial charge in [0.05, 0.1) is 12.1 Å². The maximum absolute atomic E-state index is 12.7. The van der Waals surface area contributed by atoms with E-state index in [2.05, 4.69) is 10.3 Å². The number of nitrogens with one attached hydrogen (secondary N) is 1. The lowest BCUT2D eigenvalue weighted by atomic mass is 10.1. The minimum absolute atomic E-state index is 0.154. The molecule has 1 aliphatic rings. The number of amidine groups is 1. The molecule has 2 rings (SSSR count). The van der Waals surface area contributed by atoms with Gasteiger partial charge in [0.1, 0.15) is 0 Å². The van der Waals surface area contributed by atoms with E-state index in [-0.39, 0.29) is 12.1 Å². The molecule has 6 heteroatoms. The predicted octanol–water partition coefficient (Wildman–Crippen LogP) is 2.90. The van der Waals surface area contributed by atoms with Crippen molar-refractivity contribution in [2.75, 3.05) is 12.3 Å². The van der Waals surface area contributed by atoms with Gasteiger partial charge in [-0.05, 0) is 11.6 Å². The van der Waals surface area contributed by atoms with Crippen LogP contribution in [0.4, 0.5) is 13.2 Å². The number of nitrogens with zero attached hydrogens (tertiary/aromatic N) is 1. The second-order valence-electron chi connectivity index (χ2n) is 3.54. The molecule has 0 bridgehead atoms. The Morgan fingerprint density at radius 3 is 2.71 bits per heavy atom. The molecule has 0 atom stereocenters. The van der Waals surface area contributed by atoms with E-state index in [1.165, 1.54) is 23.9 Å². The highest BCUT2D eigenvalue weighted by Gasteiger charge is 2.32. The number of hydrogen-bond donors (Lipinski definition) is 1. The maximum Gasteiger partial charge on any atom is 0.416 e. The van der Waals surface area contributed by atoms with Gasteiger partial charge in [-0.15, -0.1) is 0 Å². The average Bonchev–Trinajstić information content (AvgIpc) is 2.78. The van der Waals surface area contributed by atoms with Gasteiger partial charge in [0.2, 0.25) is 0 Å². The molecule has 0 radical (unpaired) electrons. The highest BCUT2D eigenvalue weighted by Crippen LogP contribution is 2.31.